The topological polar surface area (TPSA) is 88.1 Å². The molecule has 0 fully saturated rings. The monoisotopic (exact) mass is 381 g/mol. The maximum atomic E-state index is 12.4. The lowest BCUT2D eigenvalue weighted by Gasteiger charge is -2.27. The van der Waals surface area contributed by atoms with Crippen LogP contribution in [-0.2, 0) is 0 Å². The number of rotatable bonds is 3. The Morgan fingerprint density at radius 2 is 1.79 bits per heavy atom. The third-order valence-electron chi connectivity index (χ3n) is 4.92. The van der Waals surface area contributed by atoms with E-state index in [0.717, 1.165) is 16.7 Å². The van der Waals surface area contributed by atoms with Crippen molar-refractivity contribution < 1.29 is 9.53 Å². The molecule has 0 saturated heterocycles. The van der Waals surface area contributed by atoms with Gasteiger partial charge in [-0.3, -0.25) is 4.79 Å². The minimum Gasteiger partial charge on any atom is -0.440 e. The van der Waals surface area contributed by atoms with Gasteiger partial charge in [-0.25, -0.2) is 0 Å². The van der Waals surface area contributed by atoms with Crippen LogP contribution in [0.15, 0.2) is 84.3 Å². The molecule has 1 atom stereocenters. The van der Waals surface area contributed by atoms with Crippen LogP contribution in [0.5, 0.6) is 5.75 Å². The van der Waals surface area contributed by atoms with E-state index in [0.29, 0.717) is 22.6 Å². The molecule has 5 heteroatoms. The molecule has 0 saturated carbocycles. The summed E-state index contributed by atoms with van der Waals surface area (Å²) >= 11 is 0. The Hall–Kier alpha value is -4.04. The molecule has 1 heterocycles. The van der Waals surface area contributed by atoms with Crippen molar-refractivity contribution in [2.24, 2.45) is 5.73 Å². The van der Waals surface area contributed by atoms with Crippen molar-refractivity contribution >= 4 is 11.6 Å². The van der Waals surface area contributed by atoms with Crippen LogP contribution in [0.3, 0.4) is 0 Å². The van der Waals surface area contributed by atoms with Crippen LogP contribution < -0.4 is 15.8 Å². The van der Waals surface area contributed by atoms with Crippen molar-refractivity contribution in [1.29, 1.82) is 5.26 Å². The van der Waals surface area contributed by atoms with E-state index < -0.39 is 0 Å². The predicted molar refractivity (Wildman–Crippen MR) is 111 cm³/mol. The first kappa shape index (κ1) is 18.3. The fourth-order valence-electron chi connectivity index (χ4n) is 3.43. The summed E-state index contributed by atoms with van der Waals surface area (Å²) in [4.78, 5) is 12.4. The molecule has 1 aliphatic rings. The molecular weight excluding hydrogens is 362 g/mol. The molecular formula is C24H19N3O2. The molecule has 0 aliphatic carbocycles. The van der Waals surface area contributed by atoms with E-state index in [-0.39, 0.29) is 17.7 Å². The summed E-state index contributed by atoms with van der Waals surface area (Å²) in [6.07, 6.45) is 0. The zero-order valence-corrected chi connectivity index (χ0v) is 15.8. The van der Waals surface area contributed by atoms with Gasteiger partial charge in [-0.2, -0.15) is 5.26 Å². The van der Waals surface area contributed by atoms with E-state index in [9.17, 15) is 10.1 Å². The van der Waals surface area contributed by atoms with Gasteiger partial charge in [0.1, 0.15) is 17.4 Å². The fourth-order valence-corrected chi connectivity index (χ4v) is 3.43. The fraction of sp³-hybridized carbons (Fsp3) is 0.0833. The SMILES string of the molecule is Cc1ccc([C@H]2C(C#N)=C(N)Oc3cc(NC(=O)c4ccccc4)ccc32)cc1. The van der Waals surface area contributed by atoms with Gasteiger partial charge in [0, 0.05) is 22.9 Å². The Kier molecular flexibility index (Phi) is 4.76. The molecule has 1 aliphatic heterocycles. The third kappa shape index (κ3) is 3.56. The molecule has 0 spiro atoms. The Labute approximate surface area is 169 Å². The Bertz CT molecular complexity index is 1140. The van der Waals surface area contributed by atoms with Gasteiger partial charge in [-0.05, 0) is 30.7 Å². The number of hydrogen-bond donors (Lipinski definition) is 2. The first-order valence-electron chi connectivity index (χ1n) is 9.21. The van der Waals surface area contributed by atoms with Gasteiger partial charge in [0.2, 0.25) is 5.88 Å². The summed E-state index contributed by atoms with van der Waals surface area (Å²) in [5.41, 5.74) is 10.5. The lowest BCUT2D eigenvalue weighted by Crippen LogP contribution is -2.21. The van der Waals surface area contributed by atoms with Crippen molar-refractivity contribution in [3.63, 3.8) is 0 Å². The van der Waals surface area contributed by atoms with Gasteiger partial charge in [0.05, 0.1) is 5.92 Å². The summed E-state index contributed by atoms with van der Waals surface area (Å²) in [5.74, 6) is 0.0796. The van der Waals surface area contributed by atoms with E-state index in [1.807, 2.05) is 55.5 Å². The highest BCUT2D eigenvalue weighted by Crippen LogP contribution is 2.43. The van der Waals surface area contributed by atoms with Gasteiger partial charge < -0.3 is 15.8 Å². The Morgan fingerprint density at radius 3 is 2.48 bits per heavy atom. The number of nitrogens with one attached hydrogen (secondary N) is 1. The standard InChI is InChI=1S/C24H19N3O2/c1-15-7-9-16(10-8-15)22-19-12-11-18(13-21(19)29-23(26)20(22)14-25)27-24(28)17-5-3-2-4-6-17/h2-13,22H,26H2,1H3,(H,27,28)/t22-/m1/s1. The van der Waals surface area contributed by atoms with E-state index in [4.69, 9.17) is 10.5 Å². The number of hydrogen-bond acceptors (Lipinski definition) is 4. The molecule has 5 nitrogen and oxygen atoms in total. The summed E-state index contributed by atoms with van der Waals surface area (Å²) in [7, 11) is 0. The second-order valence-corrected chi connectivity index (χ2v) is 6.91. The number of nitrogens with two attached hydrogens (primary N) is 1. The first-order valence-corrected chi connectivity index (χ1v) is 9.21. The van der Waals surface area contributed by atoms with Gasteiger partial charge in [-0.1, -0.05) is 54.1 Å². The largest absolute Gasteiger partial charge is 0.440 e. The lowest BCUT2D eigenvalue weighted by atomic mass is 9.83. The number of carbonyl (C=O) groups is 1. The lowest BCUT2D eigenvalue weighted by molar-refractivity contribution is 0.102. The van der Waals surface area contributed by atoms with Gasteiger partial charge in [0.15, 0.2) is 0 Å². The maximum Gasteiger partial charge on any atom is 0.255 e. The number of allylic oxidation sites excluding steroid dienone is 1. The van der Waals surface area contributed by atoms with Crippen molar-refractivity contribution in [3.05, 3.63) is 107 Å². The van der Waals surface area contributed by atoms with Crippen molar-refractivity contribution in [3.8, 4) is 11.8 Å². The predicted octanol–water partition coefficient (Wildman–Crippen LogP) is 4.47. The number of nitriles is 1. The van der Waals surface area contributed by atoms with Crippen LogP contribution in [0.1, 0.15) is 33.0 Å². The van der Waals surface area contributed by atoms with Crippen LogP contribution in [0.25, 0.3) is 0 Å². The average Bonchev–Trinajstić information content (AvgIpc) is 2.74. The quantitative estimate of drug-likeness (QED) is 0.701. The van der Waals surface area contributed by atoms with Gasteiger partial charge >= 0.3 is 0 Å². The number of nitrogens with zero attached hydrogens (tertiary/aromatic N) is 1. The van der Waals surface area contributed by atoms with Crippen LogP contribution in [0.2, 0.25) is 0 Å². The third-order valence-corrected chi connectivity index (χ3v) is 4.92. The molecule has 0 bridgehead atoms. The smallest absolute Gasteiger partial charge is 0.255 e. The highest BCUT2D eigenvalue weighted by molar-refractivity contribution is 6.04. The van der Waals surface area contributed by atoms with Crippen molar-refractivity contribution in [2.45, 2.75) is 12.8 Å². The molecule has 4 rings (SSSR count). The summed E-state index contributed by atoms with van der Waals surface area (Å²) in [6, 6.07) is 24.6. The normalized spacial score (nSPS) is 15.1. The minimum atomic E-state index is -0.316. The number of carbonyl (C=O) groups excluding carboxylic acids is 1. The highest BCUT2D eigenvalue weighted by Gasteiger charge is 2.30. The highest BCUT2D eigenvalue weighted by atomic mass is 16.5. The molecule has 0 unspecified atom stereocenters. The molecule has 0 aromatic heterocycles. The molecule has 0 radical (unpaired) electrons. The van der Waals surface area contributed by atoms with Gasteiger partial charge in [0.25, 0.3) is 5.91 Å². The summed E-state index contributed by atoms with van der Waals surface area (Å²) in [5, 5.41) is 12.5. The summed E-state index contributed by atoms with van der Waals surface area (Å²) < 4.78 is 5.72. The number of benzene rings is 3. The first-order chi connectivity index (χ1) is 14.1. The molecule has 142 valence electrons. The zero-order chi connectivity index (χ0) is 20.4. The van der Waals surface area contributed by atoms with E-state index in [1.54, 1.807) is 24.3 Å². The van der Waals surface area contributed by atoms with Crippen LogP contribution >= 0.6 is 0 Å². The Balaban J connectivity index is 1.70. The number of aryl methyl sites for hydroxylation is 1. The van der Waals surface area contributed by atoms with E-state index in [1.165, 1.54) is 0 Å². The zero-order valence-electron chi connectivity index (χ0n) is 15.8. The molecule has 29 heavy (non-hydrogen) atoms. The van der Waals surface area contributed by atoms with Crippen LogP contribution in [0, 0.1) is 18.3 Å². The second-order valence-electron chi connectivity index (χ2n) is 6.91. The van der Waals surface area contributed by atoms with Gasteiger partial charge in [-0.15, -0.1) is 0 Å². The molecule has 3 aromatic rings. The number of ether oxygens (including phenoxy) is 1. The van der Waals surface area contributed by atoms with Crippen LogP contribution in [0.4, 0.5) is 5.69 Å². The maximum absolute atomic E-state index is 12.4. The second kappa shape index (κ2) is 7.53. The molecule has 3 N–H and O–H groups in total. The molecule has 1 amide bonds. The number of anilines is 1. The van der Waals surface area contributed by atoms with E-state index in [2.05, 4.69) is 11.4 Å². The molecule has 3 aromatic carbocycles. The Morgan fingerprint density at radius 1 is 1.07 bits per heavy atom. The van der Waals surface area contributed by atoms with Crippen molar-refractivity contribution in [2.75, 3.05) is 5.32 Å². The van der Waals surface area contributed by atoms with Crippen LogP contribution in [-0.4, -0.2) is 5.91 Å². The average molecular weight is 381 g/mol. The number of amides is 1. The summed E-state index contributed by atoms with van der Waals surface area (Å²) in [6.45, 7) is 2.01. The number of fused-ring (bicyclic) bond motifs is 1. The minimum absolute atomic E-state index is 0.0807. The van der Waals surface area contributed by atoms with E-state index >= 15 is 0 Å². The van der Waals surface area contributed by atoms with Crippen molar-refractivity contribution in [1.82, 2.24) is 0 Å².